The Bertz CT molecular complexity index is 1080. The van der Waals surface area contributed by atoms with Gasteiger partial charge in [-0.15, -0.1) is 0 Å². The van der Waals surface area contributed by atoms with Crippen LogP contribution in [0.4, 0.5) is 5.69 Å². The van der Waals surface area contributed by atoms with E-state index in [-0.39, 0.29) is 12.3 Å². The molecule has 30 heavy (non-hydrogen) atoms. The second-order valence-corrected chi connectivity index (χ2v) is 7.97. The second-order valence-electron chi connectivity index (χ2n) is 7.97. The topological polar surface area (TPSA) is 99.1 Å². The summed E-state index contributed by atoms with van der Waals surface area (Å²) in [6.45, 7) is 1.35. The van der Waals surface area contributed by atoms with Crippen LogP contribution in [0, 0.1) is 0 Å². The van der Waals surface area contributed by atoms with Crippen LogP contribution in [0.5, 0.6) is 0 Å². The summed E-state index contributed by atoms with van der Waals surface area (Å²) in [5, 5.41) is 22.0. The lowest BCUT2D eigenvalue weighted by Gasteiger charge is -2.20. The smallest absolute Gasteiger partial charge is 0.321 e. The number of ether oxygens (including phenoxy) is 1. The lowest BCUT2D eigenvalue weighted by molar-refractivity contribution is -0.142. The summed E-state index contributed by atoms with van der Waals surface area (Å²) < 4.78 is 5.93. The van der Waals surface area contributed by atoms with Crippen molar-refractivity contribution in [3.8, 4) is 0 Å². The average molecular weight is 406 g/mol. The van der Waals surface area contributed by atoms with Crippen molar-refractivity contribution < 1.29 is 24.5 Å². The third-order valence-electron chi connectivity index (χ3n) is 6.04. The monoisotopic (exact) mass is 406 g/mol. The van der Waals surface area contributed by atoms with Crippen molar-refractivity contribution in [1.29, 1.82) is 0 Å². The molecule has 0 aromatic heterocycles. The molecule has 7 nitrogen and oxygen atoms in total. The molecule has 5 rings (SSSR count). The Kier molecular flexibility index (Phi) is 4.56. The molecule has 2 aromatic rings. The first-order valence-electron chi connectivity index (χ1n) is 10.1. The van der Waals surface area contributed by atoms with Gasteiger partial charge in [-0.2, -0.15) is 0 Å². The van der Waals surface area contributed by atoms with Gasteiger partial charge in [-0.3, -0.25) is 14.5 Å². The maximum absolute atomic E-state index is 12.5. The molecule has 1 saturated heterocycles. The number of aliphatic hydroxyl groups excluding tert-OH is 1. The Hall–Kier alpha value is -3.16. The molecule has 3 aliphatic rings. The average Bonchev–Trinajstić information content (AvgIpc) is 3.40. The summed E-state index contributed by atoms with van der Waals surface area (Å²) >= 11 is 0. The number of carboxylic acid groups (broad SMARTS) is 1. The first-order chi connectivity index (χ1) is 14.5. The van der Waals surface area contributed by atoms with Gasteiger partial charge in [-0.1, -0.05) is 36.4 Å². The Morgan fingerprint density at radius 1 is 1.20 bits per heavy atom. The Morgan fingerprint density at radius 3 is 2.87 bits per heavy atom. The number of rotatable bonds is 4. The predicted molar refractivity (Wildman–Crippen MR) is 110 cm³/mol. The number of hydrogen-bond donors (Lipinski definition) is 3. The minimum Gasteiger partial charge on any atom is -0.487 e. The fourth-order valence-corrected chi connectivity index (χ4v) is 4.58. The van der Waals surface area contributed by atoms with Crippen molar-refractivity contribution in [3.63, 3.8) is 0 Å². The Balaban J connectivity index is 1.38. The van der Waals surface area contributed by atoms with Gasteiger partial charge in [0.2, 0.25) is 0 Å². The number of β-amino-alcohol motifs (C(OH)–C–C–N with tert-alkyl or cyclic N) is 1. The lowest BCUT2D eigenvalue weighted by Crippen LogP contribution is -2.37. The fourth-order valence-electron chi connectivity index (χ4n) is 4.58. The van der Waals surface area contributed by atoms with Crippen LogP contribution in [-0.2, 0) is 27.4 Å². The van der Waals surface area contributed by atoms with E-state index in [1.165, 1.54) is 0 Å². The molecule has 3 aliphatic heterocycles. The van der Waals surface area contributed by atoms with Crippen LogP contribution in [0.3, 0.4) is 0 Å². The van der Waals surface area contributed by atoms with Crippen LogP contribution in [-0.4, -0.2) is 52.2 Å². The van der Waals surface area contributed by atoms with Crippen LogP contribution in [0.2, 0.25) is 0 Å². The zero-order chi connectivity index (χ0) is 20.8. The number of likely N-dealkylation sites (tertiary alicyclic amines) is 1. The number of benzene rings is 2. The van der Waals surface area contributed by atoms with E-state index in [0.29, 0.717) is 37.4 Å². The van der Waals surface area contributed by atoms with Crippen LogP contribution in [0.25, 0.3) is 11.3 Å². The fraction of sp³-hybridized carbons (Fsp3) is 0.304. The SMILES string of the molecule is O=C1Nc2ccccc2C1=C1OCc2cc(CCN3CC(O)CC3C(=O)O)ccc21. The Labute approximate surface area is 173 Å². The molecule has 0 bridgehead atoms. The normalized spacial score (nSPS) is 25.0. The highest BCUT2D eigenvalue weighted by molar-refractivity contribution is 6.36. The number of amides is 1. The number of aliphatic carboxylic acids is 1. The molecule has 0 saturated carbocycles. The first-order valence-corrected chi connectivity index (χ1v) is 10.1. The van der Waals surface area contributed by atoms with Gasteiger partial charge >= 0.3 is 5.97 Å². The van der Waals surface area contributed by atoms with Gasteiger partial charge in [-0.05, 0) is 18.1 Å². The molecule has 0 radical (unpaired) electrons. The van der Waals surface area contributed by atoms with Crippen LogP contribution >= 0.6 is 0 Å². The highest BCUT2D eigenvalue weighted by atomic mass is 16.5. The van der Waals surface area contributed by atoms with Gasteiger partial charge in [0, 0.05) is 41.9 Å². The number of nitrogens with zero attached hydrogens (tertiary/aromatic N) is 1. The number of fused-ring (bicyclic) bond motifs is 2. The summed E-state index contributed by atoms with van der Waals surface area (Å²) in [5.74, 6) is -0.441. The summed E-state index contributed by atoms with van der Waals surface area (Å²) in [5.41, 5.74) is 5.21. The highest BCUT2D eigenvalue weighted by Crippen LogP contribution is 2.41. The molecular weight excluding hydrogens is 384 g/mol. The van der Waals surface area contributed by atoms with Gasteiger partial charge in [0.25, 0.3) is 5.91 Å². The van der Waals surface area contributed by atoms with E-state index in [1.54, 1.807) is 0 Å². The molecular formula is C23H22N2O5. The van der Waals surface area contributed by atoms with Gasteiger partial charge in [0.05, 0.1) is 11.7 Å². The molecule has 2 atom stereocenters. The van der Waals surface area contributed by atoms with Gasteiger partial charge in [0.15, 0.2) is 0 Å². The molecule has 154 valence electrons. The number of carboxylic acids is 1. The zero-order valence-electron chi connectivity index (χ0n) is 16.3. The summed E-state index contributed by atoms with van der Waals surface area (Å²) in [7, 11) is 0. The van der Waals surface area contributed by atoms with E-state index in [1.807, 2.05) is 41.3 Å². The van der Waals surface area contributed by atoms with Gasteiger partial charge in [0.1, 0.15) is 18.4 Å². The van der Waals surface area contributed by atoms with Crippen LogP contribution in [0.15, 0.2) is 42.5 Å². The maximum atomic E-state index is 12.5. The van der Waals surface area contributed by atoms with E-state index in [9.17, 15) is 19.8 Å². The molecule has 3 heterocycles. The third kappa shape index (κ3) is 3.16. The zero-order valence-corrected chi connectivity index (χ0v) is 16.3. The largest absolute Gasteiger partial charge is 0.487 e. The molecule has 1 amide bonds. The summed E-state index contributed by atoms with van der Waals surface area (Å²) in [4.78, 5) is 25.7. The lowest BCUT2D eigenvalue weighted by atomic mass is 9.98. The van der Waals surface area contributed by atoms with Gasteiger partial charge < -0.3 is 20.3 Å². The third-order valence-corrected chi connectivity index (χ3v) is 6.04. The van der Waals surface area contributed by atoms with E-state index in [4.69, 9.17) is 4.74 Å². The number of hydrogen-bond acceptors (Lipinski definition) is 5. The molecule has 2 aromatic carbocycles. The van der Waals surface area contributed by atoms with Crippen molar-refractivity contribution in [2.24, 2.45) is 0 Å². The number of nitrogens with one attached hydrogen (secondary N) is 1. The summed E-state index contributed by atoms with van der Waals surface area (Å²) in [6, 6.07) is 13.0. The van der Waals surface area contributed by atoms with Crippen molar-refractivity contribution in [2.75, 3.05) is 18.4 Å². The number of carbonyl (C=O) groups is 2. The molecule has 7 heteroatoms. The quantitative estimate of drug-likeness (QED) is 0.673. The van der Waals surface area contributed by atoms with E-state index >= 15 is 0 Å². The van der Waals surface area contributed by atoms with Crippen molar-refractivity contribution in [2.45, 2.75) is 31.6 Å². The molecule has 0 spiro atoms. The van der Waals surface area contributed by atoms with E-state index in [0.717, 1.165) is 27.9 Å². The van der Waals surface area contributed by atoms with E-state index < -0.39 is 18.1 Å². The molecule has 0 aliphatic carbocycles. The molecule has 3 N–H and O–H groups in total. The van der Waals surface area contributed by atoms with Crippen molar-refractivity contribution in [1.82, 2.24) is 4.90 Å². The van der Waals surface area contributed by atoms with Crippen molar-refractivity contribution in [3.05, 3.63) is 64.7 Å². The maximum Gasteiger partial charge on any atom is 0.321 e. The predicted octanol–water partition coefficient (Wildman–Crippen LogP) is 2.10. The second kappa shape index (κ2) is 7.27. The molecule has 1 fully saturated rings. The molecule has 2 unspecified atom stereocenters. The minimum absolute atomic E-state index is 0.157. The standard InChI is InChI=1S/C23H22N2O5/c26-15-10-19(23(28)29)25(11-15)8-7-13-5-6-16-14(9-13)12-30-21(16)20-17-3-1-2-4-18(17)24-22(20)27/h1-6,9,15,19,26H,7-8,10-12H2,(H,24,27)(H,28,29). The minimum atomic E-state index is -0.889. The van der Waals surface area contributed by atoms with Gasteiger partial charge in [-0.25, -0.2) is 0 Å². The first kappa shape index (κ1) is 18.8. The highest BCUT2D eigenvalue weighted by Gasteiger charge is 2.36. The van der Waals surface area contributed by atoms with E-state index in [2.05, 4.69) is 11.4 Å². The number of para-hydroxylation sites is 1. The number of anilines is 1. The number of aliphatic hydroxyl groups is 1. The number of carbonyl (C=O) groups excluding carboxylic acids is 1. The summed E-state index contributed by atoms with van der Waals surface area (Å²) in [6.07, 6.45) is 0.362. The van der Waals surface area contributed by atoms with Crippen LogP contribution < -0.4 is 5.32 Å². The van der Waals surface area contributed by atoms with Crippen molar-refractivity contribution >= 4 is 28.9 Å². The Morgan fingerprint density at radius 2 is 2.03 bits per heavy atom. The van der Waals surface area contributed by atoms with Crippen LogP contribution in [0.1, 0.15) is 28.7 Å².